The van der Waals surface area contributed by atoms with Gasteiger partial charge in [0.2, 0.25) is 0 Å². The molecule has 0 aliphatic rings. The van der Waals surface area contributed by atoms with Gasteiger partial charge in [0.15, 0.2) is 5.96 Å². The number of aliphatic imine (C=N–C) groups is 1. The summed E-state index contributed by atoms with van der Waals surface area (Å²) >= 11 is 0. The molecule has 5 nitrogen and oxygen atoms in total. The number of nitrogens with zero attached hydrogens (tertiary/aromatic N) is 1. The third-order valence-electron chi connectivity index (χ3n) is 3.75. The predicted molar refractivity (Wildman–Crippen MR) is 92.9 cm³/mol. The van der Waals surface area contributed by atoms with E-state index in [2.05, 4.69) is 10.3 Å². The zero-order valence-corrected chi connectivity index (χ0v) is 13.5. The normalized spacial score (nSPS) is 11.7. The van der Waals surface area contributed by atoms with E-state index in [9.17, 15) is 4.39 Å². The van der Waals surface area contributed by atoms with Gasteiger partial charge in [0.05, 0.1) is 7.11 Å². The third kappa shape index (κ3) is 3.32. The zero-order valence-electron chi connectivity index (χ0n) is 13.5. The van der Waals surface area contributed by atoms with Gasteiger partial charge in [-0.3, -0.25) is 0 Å². The van der Waals surface area contributed by atoms with Crippen LogP contribution in [0, 0.1) is 12.7 Å². The molecular formula is C18H18FN3O2. The van der Waals surface area contributed by atoms with Gasteiger partial charge in [-0.1, -0.05) is 0 Å². The van der Waals surface area contributed by atoms with Gasteiger partial charge in [-0.15, -0.1) is 0 Å². The van der Waals surface area contributed by atoms with E-state index in [1.54, 1.807) is 13.2 Å². The second-order valence-electron chi connectivity index (χ2n) is 5.35. The maximum Gasteiger partial charge on any atom is 0.193 e. The zero-order chi connectivity index (χ0) is 17.1. The first-order chi connectivity index (χ1) is 11.6. The number of hydrogen-bond acceptors (Lipinski definition) is 3. The third-order valence-corrected chi connectivity index (χ3v) is 3.75. The summed E-state index contributed by atoms with van der Waals surface area (Å²) in [4.78, 5) is 4.28. The molecule has 0 radical (unpaired) electrons. The predicted octanol–water partition coefficient (Wildman–Crippen LogP) is 3.82. The molecule has 0 saturated heterocycles. The number of nitrogens with one attached hydrogen (secondary N) is 1. The fourth-order valence-corrected chi connectivity index (χ4v) is 2.41. The smallest absolute Gasteiger partial charge is 0.193 e. The number of furan rings is 1. The molecule has 124 valence electrons. The maximum absolute atomic E-state index is 13.3. The number of anilines is 1. The number of rotatable bonds is 4. The van der Waals surface area contributed by atoms with Gasteiger partial charge in [-0.05, 0) is 49.4 Å². The Kier molecular flexibility index (Phi) is 4.37. The number of ether oxygens (including phenoxy) is 1. The molecular weight excluding hydrogens is 309 g/mol. The largest absolute Gasteiger partial charge is 0.497 e. The number of nitrogens with two attached hydrogens (primary N) is 1. The Morgan fingerprint density at radius 2 is 2.00 bits per heavy atom. The summed E-state index contributed by atoms with van der Waals surface area (Å²) in [6.07, 6.45) is 0. The summed E-state index contributed by atoms with van der Waals surface area (Å²) in [6, 6.07) is 11.8. The van der Waals surface area contributed by atoms with Crippen molar-refractivity contribution in [1.29, 1.82) is 0 Å². The number of benzene rings is 2. The van der Waals surface area contributed by atoms with E-state index >= 15 is 0 Å². The Labute approximate surface area is 138 Å². The van der Waals surface area contributed by atoms with Crippen LogP contribution in [0.2, 0.25) is 0 Å². The molecule has 0 saturated carbocycles. The lowest BCUT2D eigenvalue weighted by Crippen LogP contribution is -2.22. The van der Waals surface area contributed by atoms with Gasteiger partial charge in [0, 0.05) is 16.6 Å². The topological polar surface area (TPSA) is 72.8 Å². The molecule has 24 heavy (non-hydrogen) atoms. The van der Waals surface area contributed by atoms with Crippen LogP contribution in [0.25, 0.3) is 11.0 Å². The fraction of sp³-hybridized carbons (Fsp3) is 0.167. The fourth-order valence-electron chi connectivity index (χ4n) is 2.41. The van der Waals surface area contributed by atoms with E-state index in [4.69, 9.17) is 14.9 Å². The van der Waals surface area contributed by atoms with Gasteiger partial charge in [0.1, 0.15) is 29.5 Å². The molecule has 3 rings (SSSR count). The standard InChI is InChI=1S/C18H18FN3O2/c1-11-15-9-12(19)3-8-16(15)24-17(11)10-21-18(20)22-13-4-6-14(23-2)7-5-13/h3-9H,10H2,1-2H3,(H3,20,21,22). The van der Waals surface area contributed by atoms with Crippen molar-refractivity contribution in [3.8, 4) is 5.75 Å². The first-order valence-electron chi connectivity index (χ1n) is 7.45. The first kappa shape index (κ1) is 15.9. The second kappa shape index (κ2) is 6.62. The SMILES string of the molecule is COc1ccc(NC(N)=NCc2oc3ccc(F)cc3c2C)cc1. The van der Waals surface area contributed by atoms with Crippen molar-refractivity contribution in [3.05, 3.63) is 59.6 Å². The molecule has 0 amide bonds. The number of guanidine groups is 1. The van der Waals surface area contributed by atoms with Crippen molar-refractivity contribution in [2.75, 3.05) is 12.4 Å². The molecule has 1 aromatic heterocycles. The van der Waals surface area contributed by atoms with E-state index in [-0.39, 0.29) is 18.3 Å². The number of halogens is 1. The van der Waals surface area contributed by atoms with Crippen molar-refractivity contribution in [3.63, 3.8) is 0 Å². The molecule has 0 fully saturated rings. The maximum atomic E-state index is 13.3. The number of methoxy groups -OCH3 is 1. The molecule has 0 atom stereocenters. The van der Waals surface area contributed by atoms with Crippen LogP contribution >= 0.6 is 0 Å². The van der Waals surface area contributed by atoms with Crippen LogP contribution in [0.15, 0.2) is 51.9 Å². The molecule has 0 aliphatic heterocycles. The van der Waals surface area contributed by atoms with E-state index in [1.165, 1.54) is 12.1 Å². The molecule has 0 bridgehead atoms. The summed E-state index contributed by atoms with van der Waals surface area (Å²) in [5.74, 6) is 1.41. The lowest BCUT2D eigenvalue weighted by Gasteiger charge is -2.06. The van der Waals surface area contributed by atoms with Crippen LogP contribution in [0.1, 0.15) is 11.3 Å². The molecule has 3 N–H and O–H groups in total. The van der Waals surface area contributed by atoms with Crippen molar-refractivity contribution in [1.82, 2.24) is 0 Å². The molecule has 6 heteroatoms. The highest BCUT2D eigenvalue weighted by molar-refractivity contribution is 5.92. The number of hydrogen-bond donors (Lipinski definition) is 2. The van der Waals surface area contributed by atoms with Crippen LogP contribution < -0.4 is 15.8 Å². The van der Waals surface area contributed by atoms with Crippen LogP contribution in [-0.4, -0.2) is 13.1 Å². The lowest BCUT2D eigenvalue weighted by molar-refractivity contribution is 0.415. The number of fused-ring (bicyclic) bond motifs is 1. The van der Waals surface area contributed by atoms with Crippen molar-refractivity contribution >= 4 is 22.6 Å². The molecule has 0 aliphatic carbocycles. The highest BCUT2D eigenvalue weighted by Crippen LogP contribution is 2.26. The Morgan fingerprint density at radius 1 is 1.25 bits per heavy atom. The van der Waals surface area contributed by atoms with Gasteiger partial charge in [-0.2, -0.15) is 0 Å². The first-order valence-corrected chi connectivity index (χ1v) is 7.45. The summed E-state index contributed by atoms with van der Waals surface area (Å²) in [5, 5.41) is 3.75. The highest BCUT2D eigenvalue weighted by atomic mass is 19.1. The number of aryl methyl sites for hydroxylation is 1. The summed E-state index contributed by atoms with van der Waals surface area (Å²) < 4.78 is 24.1. The quantitative estimate of drug-likeness (QED) is 0.564. The Balaban J connectivity index is 1.73. The van der Waals surface area contributed by atoms with E-state index < -0.39 is 0 Å². The van der Waals surface area contributed by atoms with Crippen LogP contribution in [0.3, 0.4) is 0 Å². The minimum absolute atomic E-state index is 0.270. The minimum atomic E-state index is -0.290. The highest BCUT2D eigenvalue weighted by Gasteiger charge is 2.10. The van der Waals surface area contributed by atoms with Crippen LogP contribution in [0.4, 0.5) is 10.1 Å². The Bertz CT molecular complexity index is 885. The Morgan fingerprint density at radius 3 is 2.71 bits per heavy atom. The van der Waals surface area contributed by atoms with Gasteiger partial charge in [-0.25, -0.2) is 9.38 Å². The van der Waals surface area contributed by atoms with Crippen molar-refractivity contribution in [2.45, 2.75) is 13.5 Å². The van der Waals surface area contributed by atoms with Crippen molar-refractivity contribution < 1.29 is 13.5 Å². The molecule has 0 spiro atoms. The van der Waals surface area contributed by atoms with Gasteiger partial charge < -0.3 is 20.2 Å². The molecule has 3 aromatic rings. The van der Waals surface area contributed by atoms with E-state index in [0.717, 1.165) is 22.4 Å². The summed E-state index contributed by atoms with van der Waals surface area (Å²) in [7, 11) is 1.61. The average molecular weight is 327 g/mol. The minimum Gasteiger partial charge on any atom is -0.497 e. The monoisotopic (exact) mass is 327 g/mol. The van der Waals surface area contributed by atoms with Crippen LogP contribution in [-0.2, 0) is 6.54 Å². The average Bonchev–Trinajstić information content (AvgIpc) is 2.89. The molecule has 1 heterocycles. The van der Waals surface area contributed by atoms with E-state index in [1.807, 2.05) is 31.2 Å². The van der Waals surface area contributed by atoms with Crippen molar-refractivity contribution in [2.24, 2.45) is 10.7 Å². The lowest BCUT2D eigenvalue weighted by atomic mass is 10.1. The van der Waals surface area contributed by atoms with Gasteiger partial charge in [0.25, 0.3) is 0 Å². The summed E-state index contributed by atoms with van der Waals surface area (Å²) in [5.41, 5.74) is 8.21. The van der Waals surface area contributed by atoms with E-state index in [0.29, 0.717) is 11.3 Å². The molecule has 0 unspecified atom stereocenters. The van der Waals surface area contributed by atoms with Gasteiger partial charge >= 0.3 is 0 Å². The second-order valence-corrected chi connectivity index (χ2v) is 5.35. The Hall–Kier alpha value is -3.02. The molecule has 2 aromatic carbocycles. The van der Waals surface area contributed by atoms with Crippen LogP contribution in [0.5, 0.6) is 5.75 Å². The summed E-state index contributed by atoms with van der Waals surface area (Å²) in [6.45, 7) is 2.15.